The summed E-state index contributed by atoms with van der Waals surface area (Å²) in [6.45, 7) is 6.39. The zero-order valence-corrected chi connectivity index (χ0v) is 15.3. The van der Waals surface area contributed by atoms with Gasteiger partial charge in [0.2, 0.25) is 5.91 Å². The lowest BCUT2D eigenvalue weighted by Gasteiger charge is -2.19. The number of likely N-dealkylation sites (tertiary alicyclic amines) is 1. The minimum atomic E-state index is -0.217. The number of nitrogens with zero attached hydrogens (tertiary/aromatic N) is 2. The zero-order chi connectivity index (χ0) is 17.8. The summed E-state index contributed by atoms with van der Waals surface area (Å²) in [5.41, 5.74) is 0.696. The molecule has 7 heteroatoms. The van der Waals surface area contributed by atoms with Gasteiger partial charge in [0.1, 0.15) is 0 Å². The number of anilines is 1. The van der Waals surface area contributed by atoms with Crippen LogP contribution in [-0.2, 0) is 4.79 Å². The van der Waals surface area contributed by atoms with Crippen LogP contribution in [0.2, 0.25) is 5.02 Å². The van der Waals surface area contributed by atoms with Crippen molar-refractivity contribution >= 4 is 29.2 Å². The fourth-order valence-electron chi connectivity index (χ4n) is 3.50. The van der Waals surface area contributed by atoms with Gasteiger partial charge in [0.15, 0.2) is 0 Å². The summed E-state index contributed by atoms with van der Waals surface area (Å²) in [6.07, 6.45) is 1.52. The third-order valence-corrected chi connectivity index (χ3v) is 5.14. The molecule has 0 bridgehead atoms. The molecule has 0 aromatic heterocycles. The number of rotatable bonds is 5. The number of urea groups is 1. The molecule has 2 heterocycles. The second-order valence-corrected chi connectivity index (χ2v) is 7.36. The smallest absolute Gasteiger partial charge is 0.315 e. The topological polar surface area (TPSA) is 64.7 Å². The van der Waals surface area contributed by atoms with Gasteiger partial charge in [-0.1, -0.05) is 30.7 Å². The van der Waals surface area contributed by atoms with E-state index in [1.165, 1.54) is 6.42 Å². The van der Waals surface area contributed by atoms with Crippen molar-refractivity contribution in [3.8, 4) is 0 Å². The largest absolute Gasteiger partial charge is 0.337 e. The average Bonchev–Trinajstić information content (AvgIpc) is 3.13. The predicted molar refractivity (Wildman–Crippen MR) is 99.0 cm³/mol. The second-order valence-electron chi connectivity index (χ2n) is 6.95. The van der Waals surface area contributed by atoms with E-state index >= 15 is 0 Å². The van der Waals surface area contributed by atoms with Gasteiger partial charge in [-0.25, -0.2) is 4.79 Å². The number of benzene rings is 1. The molecule has 2 fully saturated rings. The Morgan fingerprint density at radius 2 is 2.12 bits per heavy atom. The Labute approximate surface area is 153 Å². The summed E-state index contributed by atoms with van der Waals surface area (Å²) in [6, 6.07) is 6.84. The molecule has 0 saturated carbocycles. The highest BCUT2D eigenvalue weighted by molar-refractivity contribution is 6.33. The molecule has 6 nitrogen and oxygen atoms in total. The summed E-state index contributed by atoms with van der Waals surface area (Å²) >= 11 is 6.17. The first-order chi connectivity index (χ1) is 12.0. The van der Waals surface area contributed by atoms with Gasteiger partial charge in [-0.15, -0.1) is 0 Å². The highest BCUT2D eigenvalue weighted by Crippen LogP contribution is 2.28. The first-order valence-corrected chi connectivity index (χ1v) is 9.22. The van der Waals surface area contributed by atoms with E-state index in [0.29, 0.717) is 30.2 Å². The molecule has 0 radical (unpaired) electrons. The van der Waals surface area contributed by atoms with E-state index in [1.54, 1.807) is 11.0 Å². The van der Waals surface area contributed by atoms with Crippen molar-refractivity contribution in [2.45, 2.75) is 25.8 Å². The summed E-state index contributed by atoms with van der Waals surface area (Å²) < 4.78 is 0. The first-order valence-electron chi connectivity index (χ1n) is 8.84. The zero-order valence-electron chi connectivity index (χ0n) is 14.5. The molecule has 0 spiro atoms. The van der Waals surface area contributed by atoms with Crippen LogP contribution in [0.4, 0.5) is 10.5 Å². The van der Waals surface area contributed by atoms with Crippen molar-refractivity contribution < 1.29 is 9.59 Å². The lowest BCUT2D eigenvalue weighted by Crippen LogP contribution is -2.45. The molecule has 2 aliphatic heterocycles. The predicted octanol–water partition coefficient (Wildman–Crippen LogP) is 2.09. The standard InChI is InChI=1S/C18H25ClN4O2/c1-13-6-8-22(11-13)9-7-20-18(25)21-14-10-17(24)23(12-14)16-5-3-2-4-15(16)19/h2-5,13-14H,6-12H2,1H3,(H2,20,21,25). The molecule has 2 atom stereocenters. The van der Waals surface area contributed by atoms with Crippen LogP contribution in [0.5, 0.6) is 0 Å². The molecule has 2 unspecified atom stereocenters. The Morgan fingerprint density at radius 1 is 1.32 bits per heavy atom. The summed E-state index contributed by atoms with van der Waals surface area (Å²) in [5, 5.41) is 6.32. The molecule has 3 rings (SSSR count). The third-order valence-electron chi connectivity index (χ3n) is 4.83. The number of amides is 3. The van der Waals surface area contributed by atoms with Gasteiger partial charge >= 0.3 is 6.03 Å². The van der Waals surface area contributed by atoms with Crippen molar-refractivity contribution in [3.63, 3.8) is 0 Å². The fourth-order valence-corrected chi connectivity index (χ4v) is 3.74. The highest BCUT2D eigenvalue weighted by atomic mass is 35.5. The monoisotopic (exact) mass is 364 g/mol. The van der Waals surface area contributed by atoms with Crippen LogP contribution in [0.25, 0.3) is 0 Å². The Balaban J connectivity index is 1.43. The summed E-state index contributed by atoms with van der Waals surface area (Å²) in [7, 11) is 0. The number of nitrogens with one attached hydrogen (secondary N) is 2. The van der Waals surface area contributed by atoms with Crippen molar-refractivity contribution in [2.24, 2.45) is 5.92 Å². The van der Waals surface area contributed by atoms with Crippen molar-refractivity contribution in [1.29, 1.82) is 0 Å². The molecule has 2 N–H and O–H groups in total. The molecular formula is C18H25ClN4O2. The highest BCUT2D eigenvalue weighted by Gasteiger charge is 2.32. The maximum absolute atomic E-state index is 12.2. The molecule has 3 amide bonds. The number of carbonyl (C=O) groups is 2. The van der Waals surface area contributed by atoms with Crippen molar-refractivity contribution in [2.75, 3.05) is 37.6 Å². The number of para-hydroxylation sites is 1. The van der Waals surface area contributed by atoms with E-state index in [9.17, 15) is 9.59 Å². The number of hydrogen-bond donors (Lipinski definition) is 2. The van der Waals surface area contributed by atoms with E-state index < -0.39 is 0 Å². The molecule has 136 valence electrons. The number of hydrogen-bond acceptors (Lipinski definition) is 3. The molecule has 25 heavy (non-hydrogen) atoms. The number of carbonyl (C=O) groups excluding carboxylic acids is 2. The third kappa shape index (κ3) is 4.64. The lowest BCUT2D eigenvalue weighted by molar-refractivity contribution is -0.117. The maximum Gasteiger partial charge on any atom is 0.315 e. The number of halogens is 1. The van der Waals surface area contributed by atoms with E-state index in [1.807, 2.05) is 18.2 Å². The Hall–Kier alpha value is -1.79. The molecule has 0 aliphatic carbocycles. The van der Waals surface area contributed by atoms with Gasteiger partial charge < -0.3 is 20.4 Å². The van der Waals surface area contributed by atoms with Crippen LogP contribution in [0.1, 0.15) is 19.8 Å². The minimum Gasteiger partial charge on any atom is -0.337 e. The Morgan fingerprint density at radius 3 is 2.84 bits per heavy atom. The van der Waals surface area contributed by atoms with E-state index in [2.05, 4.69) is 22.5 Å². The van der Waals surface area contributed by atoms with E-state index in [0.717, 1.165) is 25.6 Å². The Kier molecular flexibility index (Phi) is 5.81. The van der Waals surface area contributed by atoms with Gasteiger partial charge in [0.25, 0.3) is 0 Å². The fraction of sp³-hybridized carbons (Fsp3) is 0.556. The quantitative estimate of drug-likeness (QED) is 0.840. The molecule has 1 aromatic carbocycles. The van der Waals surface area contributed by atoms with Crippen LogP contribution in [-0.4, -0.2) is 55.6 Å². The maximum atomic E-state index is 12.2. The summed E-state index contributed by atoms with van der Waals surface area (Å²) in [5.74, 6) is 0.721. The molecule has 2 saturated heterocycles. The second kappa shape index (κ2) is 8.06. The van der Waals surface area contributed by atoms with Crippen LogP contribution in [0.3, 0.4) is 0 Å². The normalized spacial score (nSPS) is 23.9. The SMILES string of the molecule is CC1CCN(CCNC(=O)NC2CC(=O)N(c3ccccc3Cl)C2)C1. The van der Waals surface area contributed by atoms with Crippen molar-refractivity contribution in [1.82, 2.24) is 15.5 Å². The van der Waals surface area contributed by atoms with Gasteiger partial charge in [-0.3, -0.25) is 4.79 Å². The first kappa shape index (κ1) is 18.0. The summed E-state index contributed by atoms with van der Waals surface area (Å²) in [4.78, 5) is 28.3. The van der Waals surface area contributed by atoms with Crippen LogP contribution in [0.15, 0.2) is 24.3 Å². The van der Waals surface area contributed by atoms with Gasteiger partial charge in [-0.05, 0) is 31.0 Å². The molecular weight excluding hydrogens is 340 g/mol. The molecule has 1 aromatic rings. The Bertz CT molecular complexity index is 639. The molecule has 2 aliphatic rings. The van der Waals surface area contributed by atoms with Crippen LogP contribution in [0, 0.1) is 5.92 Å². The minimum absolute atomic E-state index is 0.0237. The van der Waals surface area contributed by atoms with Crippen molar-refractivity contribution in [3.05, 3.63) is 29.3 Å². The van der Waals surface area contributed by atoms with Crippen LogP contribution >= 0.6 is 11.6 Å². The van der Waals surface area contributed by atoms with E-state index in [-0.39, 0.29) is 18.0 Å². The van der Waals surface area contributed by atoms with Crippen LogP contribution < -0.4 is 15.5 Å². The van der Waals surface area contributed by atoms with Gasteiger partial charge in [0, 0.05) is 32.6 Å². The average molecular weight is 365 g/mol. The van der Waals surface area contributed by atoms with E-state index in [4.69, 9.17) is 11.6 Å². The lowest BCUT2D eigenvalue weighted by atomic mass is 10.2. The van der Waals surface area contributed by atoms with Gasteiger partial charge in [-0.2, -0.15) is 0 Å². The van der Waals surface area contributed by atoms with Gasteiger partial charge in [0.05, 0.1) is 16.8 Å².